The molecule has 0 bridgehead atoms. The average molecular weight is 300 g/mol. The van der Waals surface area contributed by atoms with E-state index >= 15 is 0 Å². The summed E-state index contributed by atoms with van der Waals surface area (Å²) in [5.74, 6) is 2.61. The summed E-state index contributed by atoms with van der Waals surface area (Å²) in [6.07, 6.45) is 5.62. The first-order valence-corrected chi connectivity index (χ1v) is 8.05. The number of nitrogens with zero attached hydrogens (tertiary/aromatic N) is 5. The number of aryl methyl sites for hydroxylation is 2. The normalized spacial score (nSPS) is 16.3. The van der Waals surface area contributed by atoms with Crippen molar-refractivity contribution in [2.24, 2.45) is 0 Å². The molecule has 0 amide bonds. The third-order valence-electron chi connectivity index (χ3n) is 4.48. The van der Waals surface area contributed by atoms with E-state index in [9.17, 15) is 4.79 Å². The molecule has 3 aromatic heterocycles. The maximum absolute atomic E-state index is 12.7. The van der Waals surface area contributed by atoms with Crippen molar-refractivity contribution in [3.05, 3.63) is 22.0 Å². The molecule has 0 aromatic carbocycles. The molecule has 1 fully saturated rings. The molecule has 3 heterocycles. The highest BCUT2D eigenvalue weighted by atomic mass is 16.1. The van der Waals surface area contributed by atoms with E-state index in [1.54, 1.807) is 9.08 Å². The van der Waals surface area contributed by atoms with E-state index in [0.29, 0.717) is 29.4 Å². The van der Waals surface area contributed by atoms with Gasteiger partial charge in [-0.25, -0.2) is 4.98 Å². The predicted octanol–water partition coefficient (Wildman–Crippen LogP) is 2.14. The van der Waals surface area contributed by atoms with Crippen LogP contribution in [0.5, 0.6) is 0 Å². The summed E-state index contributed by atoms with van der Waals surface area (Å²) < 4.78 is 3.45. The summed E-state index contributed by atoms with van der Waals surface area (Å²) in [6, 6.07) is 0. The quantitative estimate of drug-likeness (QED) is 0.803. The van der Waals surface area contributed by atoms with Crippen molar-refractivity contribution in [2.75, 3.05) is 0 Å². The molecule has 7 nitrogen and oxygen atoms in total. The predicted molar refractivity (Wildman–Crippen MR) is 83.1 cm³/mol. The molecule has 0 radical (unpaired) electrons. The molecule has 0 aliphatic heterocycles. The van der Waals surface area contributed by atoms with Crippen LogP contribution in [0.15, 0.2) is 4.79 Å². The molecule has 1 aliphatic carbocycles. The number of aromatic nitrogens is 6. The number of nitrogens with one attached hydrogen (secondary N) is 1. The molecule has 4 rings (SSSR count). The van der Waals surface area contributed by atoms with Crippen LogP contribution in [0.2, 0.25) is 0 Å². The zero-order valence-electron chi connectivity index (χ0n) is 13.0. The first-order chi connectivity index (χ1) is 10.7. The number of hydrogen-bond acceptors (Lipinski definition) is 4. The molecular weight excluding hydrogens is 280 g/mol. The van der Waals surface area contributed by atoms with Crippen molar-refractivity contribution in [3.63, 3.8) is 0 Å². The fourth-order valence-corrected chi connectivity index (χ4v) is 3.43. The Hall–Kier alpha value is -2.18. The Morgan fingerprint density at radius 2 is 2.05 bits per heavy atom. The van der Waals surface area contributed by atoms with Crippen LogP contribution in [0.4, 0.5) is 0 Å². The summed E-state index contributed by atoms with van der Waals surface area (Å²) in [5.41, 5.74) is 1.04. The van der Waals surface area contributed by atoms with Crippen LogP contribution in [-0.2, 0) is 6.54 Å². The molecule has 0 unspecified atom stereocenters. The fraction of sp³-hybridized carbons (Fsp3) is 0.600. The van der Waals surface area contributed by atoms with E-state index in [1.807, 2.05) is 6.92 Å². The van der Waals surface area contributed by atoms with Gasteiger partial charge in [-0.2, -0.15) is 9.50 Å². The second kappa shape index (κ2) is 4.93. The topological polar surface area (TPSA) is 80.9 Å². The van der Waals surface area contributed by atoms with E-state index < -0.39 is 0 Å². The van der Waals surface area contributed by atoms with Gasteiger partial charge in [-0.05, 0) is 26.2 Å². The Bertz CT molecular complexity index is 896. The van der Waals surface area contributed by atoms with Gasteiger partial charge in [0.1, 0.15) is 5.82 Å². The standard InChI is InChI=1S/C15H20N6O/c1-3-8-20-14(22)11-13(17-9(2)16-11)21-15(20)18-12(19-21)10-6-4-5-7-10/h10H,3-8H2,1-2H3,(H,16,17). The van der Waals surface area contributed by atoms with Crippen molar-refractivity contribution in [1.29, 1.82) is 0 Å². The lowest BCUT2D eigenvalue weighted by Crippen LogP contribution is -2.23. The molecule has 1 aliphatic rings. The first-order valence-electron chi connectivity index (χ1n) is 8.05. The fourth-order valence-electron chi connectivity index (χ4n) is 3.43. The molecule has 1 N–H and O–H groups in total. The third kappa shape index (κ3) is 1.88. The van der Waals surface area contributed by atoms with Crippen LogP contribution < -0.4 is 5.56 Å². The maximum Gasteiger partial charge on any atom is 0.281 e. The SMILES string of the molecule is CCCn1c(=O)c2[nH]c(C)nc2n2nc(C3CCCC3)nc12. The van der Waals surface area contributed by atoms with Crippen LogP contribution in [0.1, 0.15) is 56.6 Å². The van der Waals surface area contributed by atoms with E-state index in [-0.39, 0.29) is 5.56 Å². The highest BCUT2D eigenvalue weighted by molar-refractivity contribution is 5.72. The summed E-state index contributed by atoms with van der Waals surface area (Å²) in [5, 5.41) is 4.68. The number of rotatable bonds is 3. The summed E-state index contributed by atoms with van der Waals surface area (Å²) in [4.78, 5) is 24.9. The van der Waals surface area contributed by atoms with E-state index in [0.717, 1.165) is 30.9 Å². The summed E-state index contributed by atoms with van der Waals surface area (Å²) >= 11 is 0. The van der Waals surface area contributed by atoms with Gasteiger partial charge < -0.3 is 4.98 Å². The molecule has 22 heavy (non-hydrogen) atoms. The van der Waals surface area contributed by atoms with Crippen molar-refractivity contribution in [2.45, 2.75) is 58.4 Å². The van der Waals surface area contributed by atoms with Crippen molar-refractivity contribution in [3.8, 4) is 0 Å². The van der Waals surface area contributed by atoms with Gasteiger partial charge in [-0.3, -0.25) is 9.36 Å². The van der Waals surface area contributed by atoms with Crippen LogP contribution >= 0.6 is 0 Å². The van der Waals surface area contributed by atoms with Gasteiger partial charge in [0, 0.05) is 12.5 Å². The monoisotopic (exact) mass is 300 g/mol. The highest BCUT2D eigenvalue weighted by Gasteiger charge is 2.24. The van der Waals surface area contributed by atoms with Gasteiger partial charge in [-0.1, -0.05) is 19.8 Å². The molecule has 1 saturated carbocycles. The molecule has 3 aromatic rings. The Kier molecular flexibility index (Phi) is 3.02. The number of H-pyrrole nitrogens is 1. The second-order valence-electron chi connectivity index (χ2n) is 6.14. The Morgan fingerprint density at radius 1 is 1.27 bits per heavy atom. The second-order valence-corrected chi connectivity index (χ2v) is 6.14. The minimum absolute atomic E-state index is 0.0599. The van der Waals surface area contributed by atoms with Gasteiger partial charge in [0.25, 0.3) is 5.56 Å². The minimum Gasteiger partial charge on any atom is -0.336 e. The van der Waals surface area contributed by atoms with Gasteiger partial charge in [-0.15, -0.1) is 5.10 Å². The van der Waals surface area contributed by atoms with Gasteiger partial charge in [0.05, 0.1) is 0 Å². The lowest BCUT2D eigenvalue weighted by molar-refractivity contribution is 0.659. The Morgan fingerprint density at radius 3 is 2.77 bits per heavy atom. The minimum atomic E-state index is -0.0599. The van der Waals surface area contributed by atoms with E-state index in [4.69, 9.17) is 4.98 Å². The van der Waals surface area contributed by atoms with Crippen molar-refractivity contribution < 1.29 is 0 Å². The number of imidazole rings is 1. The highest BCUT2D eigenvalue weighted by Crippen LogP contribution is 2.32. The van der Waals surface area contributed by atoms with Crippen LogP contribution in [-0.4, -0.2) is 29.1 Å². The van der Waals surface area contributed by atoms with Gasteiger partial charge >= 0.3 is 0 Å². The lowest BCUT2D eigenvalue weighted by atomic mass is 10.1. The van der Waals surface area contributed by atoms with Crippen LogP contribution in [0.3, 0.4) is 0 Å². The molecule has 7 heteroatoms. The number of aromatic amines is 1. The molecule has 0 saturated heterocycles. The maximum atomic E-state index is 12.7. The molecule has 0 spiro atoms. The zero-order valence-corrected chi connectivity index (χ0v) is 13.0. The van der Waals surface area contributed by atoms with Crippen LogP contribution in [0, 0.1) is 6.92 Å². The molecule has 116 valence electrons. The molecular formula is C15H20N6O. The largest absolute Gasteiger partial charge is 0.336 e. The summed E-state index contributed by atoms with van der Waals surface area (Å²) in [6.45, 7) is 4.54. The summed E-state index contributed by atoms with van der Waals surface area (Å²) in [7, 11) is 0. The number of hydrogen-bond donors (Lipinski definition) is 1. The molecule has 0 atom stereocenters. The van der Waals surface area contributed by atoms with Crippen LogP contribution in [0.25, 0.3) is 16.9 Å². The first kappa shape index (κ1) is 13.5. The van der Waals surface area contributed by atoms with Gasteiger partial charge in [0.15, 0.2) is 17.0 Å². The average Bonchev–Trinajstić information content (AvgIpc) is 3.20. The number of fused-ring (bicyclic) bond motifs is 3. The Balaban J connectivity index is 2.04. The smallest absolute Gasteiger partial charge is 0.281 e. The van der Waals surface area contributed by atoms with E-state index in [1.165, 1.54) is 12.8 Å². The Labute approximate surface area is 127 Å². The third-order valence-corrected chi connectivity index (χ3v) is 4.48. The van der Waals surface area contributed by atoms with Crippen molar-refractivity contribution in [1.82, 2.24) is 29.1 Å². The van der Waals surface area contributed by atoms with Gasteiger partial charge in [0.2, 0.25) is 5.78 Å². The lowest BCUT2D eigenvalue weighted by Gasteiger charge is -2.04. The van der Waals surface area contributed by atoms with E-state index in [2.05, 4.69) is 22.0 Å². The van der Waals surface area contributed by atoms with Crippen molar-refractivity contribution >= 4 is 16.9 Å². The zero-order chi connectivity index (χ0) is 15.3.